The molecule has 0 radical (unpaired) electrons. The first kappa shape index (κ1) is 17.0. The van der Waals surface area contributed by atoms with Crippen LogP contribution in [0, 0.1) is 11.8 Å². The van der Waals surface area contributed by atoms with Crippen LogP contribution in [0.25, 0.3) is 5.13 Å². The van der Waals surface area contributed by atoms with E-state index in [1.54, 1.807) is 11.3 Å². The normalized spacial score (nSPS) is 21.1. The van der Waals surface area contributed by atoms with E-state index in [4.69, 9.17) is 0 Å². The molecule has 2 aromatic rings. The molecular weight excluding hydrogens is 330 g/mol. The Balaban J connectivity index is 1.45. The fourth-order valence-electron chi connectivity index (χ4n) is 3.81. The number of nitrogens with zero attached hydrogens (tertiary/aromatic N) is 5. The Hall–Kier alpha value is -1.40. The van der Waals surface area contributed by atoms with Gasteiger partial charge in [0.05, 0.1) is 0 Å². The second-order valence-corrected chi connectivity index (χ2v) is 8.80. The fourth-order valence-corrected chi connectivity index (χ4v) is 4.73. The topological polar surface area (TPSA) is 37.2 Å². The monoisotopic (exact) mass is 359 g/mol. The number of hydrogen-bond donors (Lipinski definition) is 0. The van der Waals surface area contributed by atoms with Crippen LogP contribution in [-0.2, 0) is 6.54 Å². The maximum Gasteiger partial charge on any atom is 0.218 e. The molecule has 5 nitrogen and oxygen atoms in total. The SMILES string of the molecule is CC1CCN(Cc2cccn2-c2nnc(N3CCC(C)CC3)s2)CC1. The second kappa shape index (κ2) is 7.46. The van der Waals surface area contributed by atoms with Crippen molar-refractivity contribution in [2.24, 2.45) is 11.8 Å². The fraction of sp³-hybridized carbons (Fsp3) is 0.684. The van der Waals surface area contributed by atoms with Crippen LogP contribution in [0.15, 0.2) is 18.3 Å². The van der Waals surface area contributed by atoms with Crippen LogP contribution in [0.2, 0.25) is 0 Å². The minimum atomic E-state index is 0.840. The Kier molecular flexibility index (Phi) is 5.08. The minimum Gasteiger partial charge on any atom is -0.347 e. The first-order valence-corrected chi connectivity index (χ1v) is 10.5. The number of likely N-dealkylation sites (tertiary alicyclic amines) is 1. The van der Waals surface area contributed by atoms with Crippen molar-refractivity contribution in [1.29, 1.82) is 0 Å². The lowest BCUT2D eigenvalue weighted by Crippen LogP contribution is -2.32. The quantitative estimate of drug-likeness (QED) is 0.832. The van der Waals surface area contributed by atoms with E-state index in [1.807, 2.05) is 0 Å². The summed E-state index contributed by atoms with van der Waals surface area (Å²) < 4.78 is 2.23. The van der Waals surface area contributed by atoms with Crippen LogP contribution < -0.4 is 4.90 Å². The van der Waals surface area contributed by atoms with Gasteiger partial charge in [-0.1, -0.05) is 25.2 Å². The zero-order chi connectivity index (χ0) is 17.2. The number of hydrogen-bond acceptors (Lipinski definition) is 5. The van der Waals surface area contributed by atoms with Gasteiger partial charge in [0, 0.05) is 31.5 Å². The zero-order valence-electron chi connectivity index (χ0n) is 15.4. The third-order valence-electron chi connectivity index (χ3n) is 5.76. The van der Waals surface area contributed by atoms with Crippen molar-refractivity contribution in [2.45, 2.75) is 46.1 Å². The van der Waals surface area contributed by atoms with Crippen molar-refractivity contribution in [3.8, 4) is 5.13 Å². The summed E-state index contributed by atoms with van der Waals surface area (Å²) >= 11 is 1.72. The van der Waals surface area contributed by atoms with Crippen molar-refractivity contribution < 1.29 is 0 Å². The highest BCUT2D eigenvalue weighted by Gasteiger charge is 2.21. The second-order valence-electron chi connectivity index (χ2n) is 7.86. The Morgan fingerprint density at radius 1 is 0.960 bits per heavy atom. The average molecular weight is 360 g/mol. The molecule has 4 rings (SSSR count). The van der Waals surface area contributed by atoms with Gasteiger partial charge in [0.2, 0.25) is 10.3 Å². The maximum atomic E-state index is 4.49. The van der Waals surface area contributed by atoms with Gasteiger partial charge in [0.1, 0.15) is 0 Å². The summed E-state index contributed by atoms with van der Waals surface area (Å²) in [6.45, 7) is 10.4. The summed E-state index contributed by atoms with van der Waals surface area (Å²) in [5.41, 5.74) is 1.32. The molecule has 0 N–H and O–H groups in total. The van der Waals surface area contributed by atoms with Gasteiger partial charge in [-0.05, 0) is 62.7 Å². The molecular formula is C19H29N5S. The molecule has 2 aliphatic rings. The molecule has 6 heteroatoms. The molecule has 136 valence electrons. The van der Waals surface area contributed by atoms with Gasteiger partial charge in [-0.15, -0.1) is 10.2 Å². The van der Waals surface area contributed by atoms with Gasteiger partial charge in [0.15, 0.2) is 0 Å². The smallest absolute Gasteiger partial charge is 0.218 e. The Labute approximate surface area is 154 Å². The number of anilines is 1. The highest BCUT2D eigenvalue weighted by Crippen LogP contribution is 2.28. The van der Waals surface area contributed by atoms with Crippen molar-refractivity contribution in [3.05, 3.63) is 24.0 Å². The first-order valence-electron chi connectivity index (χ1n) is 9.66. The minimum absolute atomic E-state index is 0.840. The van der Waals surface area contributed by atoms with Gasteiger partial charge in [0.25, 0.3) is 0 Å². The Morgan fingerprint density at radius 3 is 2.32 bits per heavy atom. The summed E-state index contributed by atoms with van der Waals surface area (Å²) in [7, 11) is 0. The lowest BCUT2D eigenvalue weighted by molar-refractivity contribution is 0.182. The third-order valence-corrected chi connectivity index (χ3v) is 6.74. The molecule has 2 fully saturated rings. The van der Waals surface area contributed by atoms with Crippen LogP contribution in [0.3, 0.4) is 0 Å². The van der Waals surface area contributed by atoms with E-state index >= 15 is 0 Å². The molecule has 0 saturated carbocycles. The van der Waals surface area contributed by atoms with Crippen LogP contribution in [0.5, 0.6) is 0 Å². The lowest BCUT2D eigenvalue weighted by Gasteiger charge is -2.30. The van der Waals surface area contributed by atoms with E-state index in [1.165, 1.54) is 44.5 Å². The molecule has 4 heterocycles. The molecule has 0 atom stereocenters. The summed E-state index contributed by atoms with van der Waals surface area (Å²) in [5, 5.41) is 11.0. The molecule has 0 unspecified atom stereocenters. The molecule has 0 amide bonds. The van der Waals surface area contributed by atoms with E-state index in [0.717, 1.165) is 41.7 Å². The largest absolute Gasteiger partial charge is 0.347 e. The van der Waals surface area contributed by atoms with Gasteiger partial charge >= 0.3 is 0 Å². The summed E-state index contributed by atoms with van der Waals surface area (Å²) in [5.74, 6) is 1.72. The van der Waals surface area contributed by atoms with Gasteiger partial charge in [-0.2, -0.15) is 0 Å². The van der Waals surface area contributed by atoms with E-state index in [0.29, 0.717) is 0 Å². The number of piperidine rings is 2. The van der Waals surface area contributed by atoms with Crippen molar-refractivity contribution in [2.75, 3.05) is 31.1 Å². The van der Waals surface area contributed by atoms with E-state index in [-0.39, 0.29) is 0 Å². The third kappa shape index (κ3) is 3.90. The molecule has 0 spiro atoms. The molecule has 0 aliphatic carbocycles. The number of rotatable bonds is 4. The van der Waals surface area contributed by atoms with Gasteiger partial charge < -0.3 is 4.90 Å². The first-order chi connectivity index (χ1) is 12.2. The Morgan fingerprint density at radius 2 is 1.60 bits per heavy atom. The lowest BCUT2D eigenvalue weighted by atomic mass is 9.99. The van der Waals surface area contributed by atoms with Gasteiger partial charge in [-0.3, -0.25) is 9.47 Å². The Bertz CT molecular complexity index is 678. The molecule has 2 aromatic heterocycles. The molecule has 25 heavy (non-hydrogen) atoms. The van der Waals surface area contributed by atoms with Crippen LogP contribution in [0.1, 0.15) is 45.2 Å². The zero-order valence-corrected chi connectivity index (χ0v) is 16.2. The number of aromatic nitrogens is 3. The predicted molar refractivity (Wildman–Crippen MR) is 104 cm³/mol. The van der Waals surface area contributed by atoms with Crippen LogP contribution in [0.4, 0.5) is 5.13 Å². The molecule has 0 bridgehead atoms. The molecule has 0 aromatic carbocycles. The molecule has 2 saturated heterocycles. The highest BCUT2D eigenvalue weighted by atomic mass is 32.1. The van der Waals surface area contributed by atoms with Crippen molar-refractivity contribution in [3.63, 3.8) is 0 Å². The van der Waals surface area contributed by atoms with Crippen molar-refractivity contribution in [1.82, 2.24) is 19.7 Å². The van der Waals surface area contributed by atoms with Crippen molar-refractivity contribution >= 4 is 16.5 Å². The van der Waals surface area contributed by atoms with Gasteiger partial charge in [-0.25, -0.2) is 0 Å². The predicted octanol–water partition coefficient (Wildman–Crippen LogP) is 3.80. The highest BCUT2D eigenvalue weighted by molar-refractivity contribution is 7.17. The van der Waals surface area contributed by atoms with Crippen LogP contribution in [-0.4, -0.2) is 45.8 Å². The average Bonchev–Trinajstić information content (AvgIpc) is 3.27. The van der Waals surface area contributed by atoms with E-state index in [9.17, 15) is 0 Å². The summed E-state index contributed by atoms with van der Waals surface area (Å²) in [4.78, 5) is 4.97. The standard InChI is InChI=1S/C19H29N5S/c1-15-5-10-22(11-6-15)14-17-4-3-9-24(17)19-21-20-18(25-19)23-12-7-16(2)8-13-23/h3-4,9,15-16H,5-8,10-14H2,1-2H3. The maximum absolute atomic E-state index is 4.49. The van der Waals surface area contributed by atoms with Crippen LogP contribution >= 0.6 is 11.3 Å². The summed E-state index contributed by atoms with van der Waals surface area (Å²) in [6.07, 6.45) is 7.28. The molecule has 2 aliphatic heterocycles. The summed E-state index contributed by atoms with van der Waals surface area (Å²) in [6, 6.07) is 4.35. The van der Waals surface area contributed by atoms with E-state index in [2.05, 4.69) is 56.7 Å². The van der Waals surface area contributed by atoms with E-state index < -0.39 is 0 Å².